The standard InChI is InChI=1S/C23H34N4O2/c1-3-26-13-10-19(11-14-26)25(2)23(29)21-15-17-7-4-5-9-20(17)27(21)22(28)18-8-6-12-24-16-18/h6,8,12,16-17,19-21H,3-5,7,9-11,13-15H2,1-2H3/t17-,20+,21+/m1/s1. The summed E-state index contributed by atoms with van der Waals surface area (Å²) in [5.74, 6) is 0.556. The van der Waals surface area contributed by atoms with E-state index < -0.39 is 0 Å². The molecule has 0 radical (unpaired) electrons. The van der Waals surface area contributed by atoms with Gasteiger partial charge in [-0.25, -0.2) is 0 Å². The topological polar surface area (TPSA) is 56.8 Å². The van der Waals surface area contributed by atoms with E-state index in [-0.39, 0.29) is 29.9 Å². The fourth-order valence-corrected chi connectivity index (χ4v) is 5.65. The number of nitrogens with zero attached hydrogens (tertiary/aromatic N) is 4. The third-order valence-corrected chi connectivity index (χ3v) is 7.42. The molecule has 29 heavy (non-hydrogen) atoms. The number of aromatic nitrogens is 1. The van der Waals surface area contributed by atoms with Gasteiger partial charge in [0, 0.05) is 44.6 Å². The number of piperidine rings is 1. The molecule has 6 nitrogen and oxygen atoms in total. The highest BCUT2D eigenvalue weighted by atomic mass is 16.2. The predicted molar refractivity (Wildman–Crippen MR) is 112 cm³/mol. The van der Waals surface area contributed by atoms with Crippen molar-refractivity contribution in [3.63, 3.8) is 0 Å². The van der Waals surface area contributed by atoms with E-state index in [1.54, 1.807) is 18.5 Å². The van der Waals surface area contributed by atoms with Gasteiger partial charge in [-0.05, 0) is 56.7 Å². The lowest BCUT2D eigenvalue weighted by Gasteiger charge is -2.39. The smallest absolute Gasteiger partial charge is 0.256 e. The third-order valence-electron chi connectivity index (χ3n) is 7.42. The average Bonchev–Trinajstić information content (AvgIpc) is 3.17. The summed E-state index contributed by atoms with van der Waals surface area (Å²) in [6.45, 7) is 5.36. The van der Waals surface area contributed by atoms with Gasteiger partial charge < -0.3 is 14.7 Å². The van der Waals surface area contributed by atoms with E-state index in [4.69, 9.17) is 0 Å². The molecule has 1 aromatic rings. The van der Waals surface area contributed by atoms with Gasteiger partial charge in [0.25, 0.3) is 5.91 Å². The molecule has 0 bridgehead atoms. The molecule has 0 aromatic carbocycles. The molecule has 3 atom stereocenters. The molecule has 6 heteroatoms. The predicted octanol–water partition coefficient (Wildman–Crippen LogP) is 2.80. The Bertz CT molecular complexity index is 717. The molecule has 3 heterocycles. The Balaban J connectivity index is 1.53. The first-order valence-electron chi connectivity index (χ1n) is 11.3. The van der Waals surface area contributed by atoms with E-state index in [9.17, 15) is 9.59 Å². The molecule has 1 saturated carbocycles. The largest absolute Gasteiger partial charge is 0.341 e. The molecular weight excluding hydrogens is 364 g/mol. The highest BCUT2D eigenvalue weighted by Crippen LogP contribution is 2.41. The highest BCUT2D eigenvalue weighted by Gasteiger charge is 2.48. The van der Waals surface area contributed by atoms with Gasteiger partial charge in [-0.3, -0.25) is 14.6 Å². The van der Waals surface area contributed by atoms with Gasteiger partial charge in [-0.1, -0.05) is 19.8 Å². The lowest BCUT2D eigenvalue weighted by Crippen LogP contribution is -2.53. The summed E-state index contributed by atoms with van der Waals surface area (Å²) in [5, 5.41) is 0. The Morgan fingerprint density at radius 2 is 1.93 bits per heavy atom. The Morgan fingerprint density at radius 1 is 1.17 bits per heavy atom. The van der Waals surface area contributed by atoms with Crippen molar-refractivity contribution in [2.45, 2.75) is 70.0 Å². The quantitative estimate of drug-likeness (QED) is 0.783. The Hall–Kier alpha value is -1.95. The van der Waals surface area contributed by atoms with Crippen LogP contribution in [-0.2, 0) is 4.79 Å². The Labute approximate surface area is 174 Å². The van der Waals surface area contributed by atoms with E-state index in [2.05, 4.69) is 16.8 Å². The molecule has 3 aliphatic rings. The van der Waals surface area contributed by atoms with E-state index in [1.807, 2.05) is 22.9 Å². The highest BCUT2D eigenvalue weighted by molar-refractivity contribution is 5.98. The second-order valence-electron chi connectivity index (χ2n) is 8.93. The number of hydrogen-bond donors (Lipinski definition) is 0. The summed E-state index contributed by atoms with van der Waals surface area (Å²) in [4.78, 5) is 37.5. The van der Waals surface area contributed by atoms with Crippen molar-refractivity contribution in [3.8, 4) is 0 Å². The van der Waals surface area contributed by atoms with E-state index >= 15 is 0 Å². The maximum atomic E-state index is 13.6. The van der Waals surface area contributed by atoms with Crippen LogP contribution in [-0.4, -0.2) is 76.3 Å². The molecule has 1 aromatic heterocycles. The SMILES string of the molecule is CCN1CCC(N(C)C(=O)[C@@H]2C[C@H]3CCCC[C@@H]3N2C(=O)c2cccnc2)CC1. The zero-order valence-corrected chi connectivity index (χ0v) is 17.8. The molecule has 0 N–H and O–H groups in total. The number of rotatable bonds is 4. The summed E-state index contributed by atoms with van der Waals surface area (Å²) in [5.41, 5.74) is 0.593. The van der Waals surface area contributed by atoms with Crippen LogP contribution in [0.1, 0.15) is 62.2 Å². The number of likely N-dealkylation sites (tertiary alicyclic amines) is 2. The lowest BCUT2D eigenvalue weighted by molar-refractivity contribution is -0.137. The normalized spacial score (nSPS) is 28.2. The molecule has 0 spiro atoms. The van der Waals surface area contributed by atoms with Crippen molar-refractivity contribution in [1.29, 1.82) is 0 Å². The second kappa shape index (κ2) is 8.82. The summed E-state index contributed by atoms with van der Waals surface area (Å²) >= 11 is 0. The lowest BCUT2D eigenvalue weighted by atomic mass is 9.84. The first-order chi connectivity index (χ1) is 14.1. The molecule has 2 saturated heterocycles. The number of amides is 2. The van der Waals surface area contributed by atoms with E-state index in [0.717, 1.165) is 58.2 Å². The van der Waals surface area contributed by atoms with Crippen LogP contribution in [0.4, 0.5) is 0 Å². The van der Waals surface area contributed by atoms with Crippen LogP contribution >= 0.6 is 0 Å². The Kier molecular flexibility index (Phi) is 6.18. The summed E-state index contributed by atoms with van der Waals surface area (Å²) in [6, 6.07) is 3.76. The first kappa shape index (κ1) is 20.3. The van der Waals surface area contributed by atoms with Crippen molar-refractivity contribution >= 4 is 11.8 Å². The molecule has 2 amide bonds. The second-order valence-corrected chi connectivity index (χ2v) is 8.93. The van der Waals surface area contributed by atoms with Gasteiger partial charge in [-0.2, -0.15) is 0 Å². The minimum atomic E-state index is -0.329. The third kappa shape index (κ3) is 4.04. The van der Waals surface area contributed by atoms with Gasteiger partial charge in [0.05, 0.1) is 5.56 Å². The van der Waals surface area contributed by atoms with Crippen LogP contribution in [0.15, 0.2) is 24.5 Å². The van der Waals surface area contributed by atoms with Crippen LogP contribution in [0, 0.1) is 5.92 Å². The first-order valence-corrected chi connectivity index (χ1v) is 11.3. The number of hydrogen-bond acceptors (Lipinski definition) is 4. The maximum absolute atomic E-state index is 13.6. The number of carbonyl (C=O) groups is 2. The molecule has 0 unspecified atom stereocenters. The minimum absolute atomic E-state index is 0.0277. The van der Waals surface area contributed by atoms with Crippen molar-refractivity contribution in [2.75, 3.05) is 26.7 Å². The molecular formula is C23H34N4O2. The summed E-state index contributed by atoms with van der Waals surface area (Å²) in [7, 11) is 1.95. The van der Waals surface area contributed by atoms with Crippen LogP contribution < -0.4 is 0 Å². The fraction of sp³-hybridized carbons (Fsp3) is 0.696. The number of likely N-dealkylation sites (N-methyl/N-ethyl adjacent to an activating group) is 1. The molecule has 1 aliphatic carbocycles. The minimum Gasteiger partial charge on any atom is -0.341 e. The van der Waals surface area contributed by atoms with E-state index in [0.29, 0.717) is 11.5 Å². The van der Waals surface area contributed by atoms with Crippen molar-refractivity contribution < 1.29 is 9.59 Å². The van der Waals surface area contributed by atoms with Crippen LogP contribution in [0.5, 0.6) is 0 Å². The van der Waals surface area contributed by atoms with Crippen LogP contribution in [0.2, 0.25) is 0 Å². The number of fused-ring (bicyclic) bond motifs is 1. The molecule has 4 rings (SSSR count). The maximum Gasteiger partial charge on any atom is 0.256 e. The molecule has 3 fully saturated rings. The number of carbonyl (C=O) groups excluding carboxylic acids is 2. The monoisotopic (exact) mass is 398 g/mol. The van der Waals surface area contributed by atoms with E-state index in [1.165, 1.54) is 6.42 Å². The van der Waals surface area contributed by atoms with Gasteiger partial charge in [0.1, 0.15) is 6.04 Å². The van der Waals surface area contributed by atoms with Gasteiger partial charge in [0.15, 0.2) is 0 Å². The van der Waals surface area contributed by atoms with Crippen molar-refractivity contribution in [1.82, 2.24) is 19.7 Å². The fourth-order valence-electron chi connectivity index (χ4n) is 5.65. The average molecular weight is 399 g/mol. The molecule has 158 valence electrons. The zero-order valence-electron chi connectivity index (χ0n) is 17.8. The zero-order chi connectivity index (χ0) is 20.4. The van der Waals surface area contributed by atoms with Gasteiger partial charge in [-0.15, -0.1) is 0 Å². The summed E-state index contributed by atoms with van der Waals surface area (Å²) in [6.07, 6.45) is 10.7. The Morgan fingerprint density at radius 3 is 2.62 bits per heavy atom. The van der Waals surface area contributed by atoms with Crippen molar-refractivity contribution in [2.24, 2.45) is 5.92 Å². The number of pyridine rings is 1. The van der Waals surface area contributed by atoms with Crippen LogP contribution in [0.3, 0.4) is 0 Å². The molecule has 2 aliphatic heterocycles. The van der Waals surface area contributed by atoms with Gasteiger partial charge >= 0.3 is 0 Å². The van der Waals surface area contributed by atoms with Crippen LogP contribution in [0.25, 0.3) is 0 Å². The summed E-state index contributed by atoms with van der Waals surface area (Å²) < 4.78 is 0. The van der Waals surface area contributed by atoms with Crippen molar-refractivity contribution in [3.05, 3.63) is 30.1 Å². The van der Waals surface area contributed by atoms with Gasteiger partial charge in [0.2, 0.25) is 5.91 Å².